The summed E-state index contributed by atoms with van der Waals surface area (Å²) in [6.45, 7) is 2.07. The molecule has 0 saturated heterocycles. The predicted molar refractivity (Wildman–Crippen MR) is 89.4 cm³/mol. The molecule has 0 saturated carbocycles. The van der Waals surface area contributed by atoms with E-state index in [-0.39, 0.29) is 0 Å². The second-order valence-electron chi connectivity index (χ2n) is 5.34. The number of carboxylic acids is 1. The first-order valence-corrected chi connectivity index (χ1v) is 7.62. The lowest BCUT2D eigenvalue weighted by Crippen LogP contribution is -2.16. The monoisotopic (exact) mass is 314 g/mol. The number of carbonyl (C=O) groups is 1. The number of benzene rings is 2. The first kappa shape index (κ1) is 16.9. The lowest BCUT2D eigenvalue weighted by atomic mass is 9.90. The average Bonchev–Trinajstić information content (AvgIpc) is 2.59. The van der Waals surface area contributed by atoms with Crippen LogP contribution in [0.4, 0.5) is 0 Å². The standard InChI is InChI=1S/C19H22O4/c1-4-13-9-10-17(22-2)14(11-13)12-16(19(20)21)15-7-5-6-8-18(15)23-3/h5-11,16H,4,12H2,1-3H3,(H,20,21). The molecule has 0 aliphatic heterocycles. The van der Waals surface area contributed by atoms with Crippen molar-refractivity contribution in [3.63, 3.8) is 0 Å². The molecule has 2 aromatic carbocycles. The average molecular weight is 314 g/mol. The molecule has 1 atom stereocenters. The second-order valence-corrected chi connectivity index (χ2v) is 5.34. The van der Waals surface area contributed by atoms with Gasteiger partial charge in [-0.3, -0.25) is 4.79 Å². The van der Waals surface area contributed by atoms with Gasteiger partial charge < -0.3 is 14.6 Å². The molecule has 1 N–H and O–H groups in total. The van der Waals surface area contributed by atoms with Crippen molar-refractivity contribution in [1.82, 2.24) is 0 Å². The molecule has 0 spiro atoms. The van der Waals surface area contributed by atoms with E-state index in [0.717, 1.165) is 17.5 Å². The second kappa shape index (κ2) is 7.68. The van der Waals surface area contributed by atoms with Gasteiger partial charge in [0.1, 0.15) is 11.5 Å². The number of ether oxygens (including phenoxy) is 2. The highest BCUT2D eigenvalue weighted by Gasteiger charge is 2.25. The molecule has 4 nitrogen and oxygen atoms in total. The SMILES string of the molecule is CCc1ccc(OC)c(CC(C(=O)O)c2ccccc2OC)c1. The topological polar surface area (TPSA) is 55.8 Å². The van der Waals surface area contributed by atoms with Crippen LogP contribution in [0.15, 0.2) is 42.5 Å². The first-order chi connectivity index (χ1) is 11.1. The summed E-state index contributed by atoms with van der Waals surface area (Å²) in [7, 11) is 3.15. The van der Waals surface area contributed by atoms with Gasteiger partial charge in [-0.05, 0) is 36.1 Å². The fraction of sp³-hybridized carbons (Fsp3) is 0.316. The van der Waals surface area contributed by atoms with Crippen molar-refractivity contribution in [2.75, 3.05) is 14.2 Å². The van der Waals surface area contributed by atoms with Gasteiger partial charge in [-0.25, -0.2) is 0 Å². The van der Waals surface area contributed by atoms with E-state index >= 15 is 0 Å². The highest BCUT2D eigenvalue weighted by molar-refractivity contribution is 5.78. The fourth-order valence-corrected chi connectivity index (χ4v) is 2.72. The number of para-hydroxylation sites is 1. The Morgan fingerprint density at radius 3 is 2.39 bits per heavy atom. The van der Waals surface area contributed by atoms with Crippen LogP contribution in [0.5, 0.6) is 11.5 Å². The van der Waals surface area contributed by atoms with Crippen molar-refractivity contribution in [3.05, 3.63) is 59.2 Å². The molecule has 0 heterocycles. The summed E-state index contributed by atoms with van der Waals surface area (Å²) >= 11 is 0. The molecule has 0 aromatic heterocycles. The van der Waals surface area contributed by atoms with Gasteiger partial charge in [-0.15, -0.1) is 0 Å². The fourth-order valence-electron chi connectivity index (χ4n) is 2.72. The molecule has 0 radical (unpaired) electrons. The third-order valence-corrected chi connectivity index (χ3v) is 3.99. The van der Waals surface area contributed by atoms with Crippen molar-refractivity contribution < 1.29 is 19.4 Å². The molecule has 23 heavy (non-hydrogen) atoms. The summed E-state index contributed by atoms with van der Waals surface area (Å²) in [6, 6.07) is 13.2. The Morgan fingerprint density at radius 2 is 1.78 bits per heavy atom. The number of aliphatic carboxylic acids is 1. The quantitative estimate of drug-likeness (QED) is 0.847. The lowest BCUT2D eigenvalue weighted by Gasteiger charge is -2.18. The minimum Gasteiger partial charge on any atom is -0.496 e. The van der Waals surface area contributed by atoms with E-state index in [1.807, 2.05) is 30.3 Å². The Labute approximate surface area is 136 Å². The Hall–Kier alpha value is -2.49. The van der Waals surface area contributed by atoms with Crippen LogP contribution in [0.2, 0.25) is 0 Å². The third-order valence-electron chi connectivity index (χ3n) is 3.99. The van der Waals surface area contributed by atoms with Crippen LogP contribution < -0.4 is 9.47 Å². The summed E-state index contributed by atoms with van der Waals surface area (Å²) in [4.78, 5) is 11.8. The van der Waals surface area contributed by atoms with Gasteiger partial charge in [0.15, 0.2) is 0 Å². The smallest absolute Gasteiger partial charge is 0.311 e. The van der Waals surface area contributed by atoms with Crippen LogP contribution in [0, 0.1) is 0 Å². The summed E-state index contributed by atoms with van der Waals surface area (Å²) in [5.74, 6) is -0.264. The zero-order chi connectivity index (χ0) is 16.8. The van der Waals surface area contributed by atoms with Crippen molar-refractivity contribution in [2.24, 2.45) is 0 Å². The van der Waals surface area contributed by atoms with E-state index < -0.39 is 11.9 Å². The molecule has 0 amide bonds. The molecule has 0 aliphatic rings. The predicted octanol–water partition coefficient (Wildman–Crippen LogP) is 3.68. The molecule has 122 valence electrons. The third kappa shape index (κ3) is 3.83. The molecule has 0 aliphatic carbocycles. The number of methoxy groups -OCH3 is 2. The number of carboxylic acid groups (broad SMARTS) is 1. The summed E-state index contributed by atoms with van der Waals surface area (Å²) in [5, 5.41) is 9.70. The van der Waals surface area contributed by atoms with E-state index in [9.17, 15) is 9.90 Å². The van der Waals surface area contributed by atoms with E-state index in [1.165, 1.54) is 0 Å². The lowest BCUT2D eigenvalue weighted by molar-refractivity contribution is -0.138. The van der Waals surface area contributed by atoms with Crippen molar-refractivity contribution >= 4 is 5.97 Å². The zero-order valence-corrected chi connectivity index (χ0v) is 13.7. The van der Waals surface area contributed by atoms with Crippen molar-refractivity contribution in [3.8, 4) is 11.5 Å². The molecule has 2 aromatic rings. The van der Waals surface area contributed by atoms with Crippen LogP contribution in [0.3, 0.4) is 0 Å². The summed E-state index contributed by atoms with van der Waals surface area (Å²) in [5.41, 5.74) is 2.72. The Kier molecular flexibility index (Phi) is 5.63. The van der Waals surface area contributed by atoms with Crippen LogP contribution in [-0.2, 0) is 17.6 Å². The maximum absolute atomic E-state index is 11.8. The van der Waals surface area contributed by atoms with Crippen molar-refractivity contribution in [2.45, 2.75) is 25.7 Å². The normalized spacial score (nSPS) is 11.8. The molecular weight excluding hydrogens is 292 g/mol. The molecule has 0 fully saturated rings. The number of rotatable bonds is 7. The Balaban J connectivity index is 2.43. The number of hydrogen-bond acceptors (Lipinski definition) is 3. The zero-order valence-electron chi connectivity index (χ0n) is 13.7. The van der Waals surface area contributed by atoms with E-state index in [1.54, 1.807) is 26.4 Å². The van der Waals surface area contributed by atoms with E-state index in [4.69, 9.17) is 9.47 Å². The van der Waals surface area contributed by atoms with E-state index in [0.29, 0.717) is 23.5 Å². The van der Waals surface area contributed by atoms with Crippen LogP contribution in [0.25, 0.3) is 0 Å². The Bertz CT molecular complexity index is 679. The van der Waals surface area contributed by atoms with Gasteiger partial charge in [0.2, 0.25) is 0 Å². The van der Waals surface area contributed by atoms with Gasteiger partial charge >= 0.3 is 5.97 Å². The first-order valence-electron chi connectivity index (χ1n) is 7.62. The van der Waals surface area contributed by atoms with Gasteiger partial charge in [0, 0.05) is 5.56 Å². The Morgan fingerprint density at radius 1 is 1.09 bits per heavy atom. The molecule has 4 heteroatoms. The van der Waals surface area contributed by atoms with Gasteiger partial charge in [-0.2, -0.15) is 0 Å². The summed E-state index contributed by atoms with van der Waals surface area (Å²) < 4.78 is 10.7. The van der Waals surface area contributed by atoms with E-state index in [2.05, 4.69) is 6.92 Å². The minimum absolute atomic E-state index is 0.354. The number of hydrogen-bond donors (Lipinski definition) is 1. The molecule has 0 bridgehead atoms. The van der Waals surface area contributed by atoms with Gasteiger partial charge in [-0.1, -0.05) is 37.3 Å². The van der Waals surface area contributed by atoms with Crippen LogP contribution >= 0.6 is 0 Å². The van der Waals surface area contributed by atoms with Gasteiger partial charge in [0.25, 0.3) is 0 Å². The highest BCUT2D eigenvalue weighted by Crippen LogP contribution is 2.32. The molecule has 2 rings (SSSR count). The highest BCUT2D eigenvalue weighted by atomic mass is 16.5. The van der Waals surface area contributed by atoms with Crippen molar-refractivity contribution in [1.29, 1.82) is 0 Å². The number of aryl methyl sites for hydroxylation is 1. The maximum atomic E-state index is 11.8. The largest absolute Gasteiger partial charge is 0.496 e. The van der Waals surface area contributed by atoms with Crippen LogP contribution in [0.1, 0.15) is 29.5 Å². The molecule has 1 unspecified atom stereocenters. The van der Waals surface area contributed by atoms with Crippen LogP contribution in [-0.4, -0.2) is 25.3 Å². The maximum Gasteiger partial charge on any atom is 0.311 e. The van der Waals surface area contributed by atoms with Gasteiger partial charge in [0.05, 0.1) is 20.1 Å². The minimum atomic E-state index is -0.876. The molecular formula is C19H22O4. The summed E-state index contributed by atoms with van der Waals surface area (Å²) in [6.07, 6.45) is 1.25.